The normalized spacial score (nSPS) is 10.1. The maximum atomic E-state index is 10.8. The van der Waals surface area contributed by atoms with E-state index in [-0.39, 0.29) is 19.0 Å². The molecule has 0 rings (SSSR count). The van der Waals surface area contributed by atoms with Crippen LogP contribution in [0.3, 0.4) is 0 Å². The Labute approximate surface area is 72.7 Å². The van der Waals surface area contributed by atoms with Gasteiger partial charge in [0.1, 0.15) is 6.61 Å². The van der Waals surface area contributed by atoms with Crippen LogP contribution >= 0.6 is 0 Å². The number of carbonyl (C=O) groups excluding carboxylic acids is 1. The Morgan fingerprint density at radius 1 is 1.42 bits per heavy atom. The van der Waals surface area contributed by atoms with Gasteiger partial charge in [0.2, 0.25) is 0 Å². The van der Waals surface area contributed by atoms with Gasteiger partial charge in [-0.05, 0) is 0 Å². The molecule has 0 aromatic heterocycles. The smallest absolute Gasteiger partial charge is 0.309 e. The molecule has 3 nitrogen and oxygen atoms in total. The molecule has 0 radical (unpaired) electrons. The van der Waals surface area contributed by atoms with Crippen LogP contribution in [-0.2, 0) is 14.3 Å². The summed E-state index contributed by atoms with van der Waals surface area (Å²) in [7, 11) is 1.60. The second-order valence-corrected chi connectivity index (χ2v) is 2.10. The lowest BCUT2D eigenvalue weighted by Gasteiger charge is -1.96. The number of esters is 1. The Bertz CT molecular complexity index is 161. The van der Waals surface area contributed by atoms with E-state index < -0.39 is 0 Å². The molecule has 0 spiro atoms. The highest BCUT2D eigenvalue weighted by Crippen LogP contribution is 1.88. The van der Waals surface area contributed by atoms with Crippen LogP contribution in [0.1, 0.15) is 6.42 Å². The quantitative estimate of drug-likeness (QED) is 0.445. The molecule has 12 heavy (non-hydrogen) atoms. The van der Waals surface area contributed by atoms with Gasteiger partial charge in [-0.2, -0.15) is 0 Å². The van der Waals surface area contributed by atoms with Gasteiger partial charge in [-0.25, -0.2) is 0 Å². The lowest BCUT2D eigenvalue weighted by molar-refractivity contribution is -0.141. The first-order chi connectivity index (χ1) is 5.81. The molecule has 0 aliphatic heterocycles. The van der Waals surface area contributed by atoms with Crippen molar-refractivity contribution in [3.05, 3.63) is 24.8 Å². The van der Waals surface area contributed by atoms with E-state index in [1.807, 2.05) is 0 Å². The summed E-state index contributed by atoms with van der Waals surface area (Å²) in [6, 6.07) is 0. The fraction of sp³-hybridized carbons (Fsp3) is 0.444. The lowest BCUT2D eigenvalue weighted by Crippen LogP contribution is -2.02. The average Bonchev–Trinajstić information content (AvgIpc) is 2.09. The molecule has 0 aromatic rings. The van der Waals surface area contributed by atoms with Gasteiger partial charge < -0.3 is 9.47 Å². The highest BCUT2D eigenvalue weighted by atomic mass is 16.5. The number of ether oxygens (including phenoxy) is 2. The minimum absolute atomic E-state index is 0.248. The zero-order chi connectivity index (χ0) is 9.23. The number of carbonyl (C=O) groups is 1. The van der Waals surface area contributed by atoms with Crippen molar-refractivity contribution in [3.8, 4) is 0 Å². The number of hydrogen-bond donors (Lipinski definition) is 0. The van der Waals surface area contributed by atoms with Crippen molar-refractivity contribution in [1.29, 1.82) is 0 Å². The SMILES string of the molecule is C=CCOC(=O)CC=CCOC. The van der Waals surface area contributed by atoms with Crippen molar-refractivity contribution in [1.82, 2.24) is 0 Å². The molecular weight excluding hydrogens is 156 g/mol. The minimum atomic E-state index is -0.248. The van der Waals surface area contributed by atoms with E-state index in [0.717, 1.165) is 0 Å². The minimum Gasteiger partial charge on any atom is -0.461 e. The van der Waals surface area contributed by atoms with Crippen LogP contribution in [0.4, 0.5) is 0 Å². The molecule has 0 aliphatic rings. The van der Waals surface area contributed by atoms with Gasteiger partial charge in [-0.1, -0.05) is 24.8 Å². The van der Waals surface area contributed by atoms with Crippen LogP contribution in [-0.4, -0.2) is 26.3 Å². The maximum absolute atomic E-state index is 10.8. The van der Waals surface area contributed by atoms with E-state index in [1.54, 1.807) is 19.3 Å². The molecule has 0 aromatic carbocycles. The summed E-state index contributed by atoms with van der Waals surface area (Å²) in [6.07, 6.45) is 5.32. The zero-order valence-corrected chi connectivity index (χ0v) is 7.29. The van der Waals surface area contributed by atoms with Crippen LogP contribution in [0.15, 0.2) is 24.8 Å². The van der Waals surface area contributed by atoms with Gasteiger partial charge in [0.25, 0.3) is 0 Å². The third-order valence-electron chi connectivity index (χ3n) is 1.08. The summed E-state index contributed by atoms with van der Waals surface area (Å²) in [5.74, 6) is -0.248. The van der Waals surface area contributed by atoms with Crippen LogP contribution in [0, 0.1) is 0 Å². The molecular formula is C9H14O3. The Kier molecular flexibility index (Phi) is 7.28. The second kappa shape index (κ2) is 8.01. The number of hydrogen-bond acceptors (Lipinski definition) is 3. The summed E-state index contributed by atoms with van der Waals surface area (Å²) in [5, 5.41) is 0. The summed E-state index contributed by atoms with van der Waals surface area (Å²) in [5.41, 5.74) is 0. The fourth-order valence-corrected chi connectivity index (χ4v) is 0.555. The van der Waals surface area contributed by atoms with E-state index in [2.05, 4.69) is 6.58 Å². The van der Waals surface area contributed by atoms with Crippen molar-refractivity contribution in [2.75, 3.05) is 20.3 Å². The van der Waals surface area contributed by atoms with Crippen LogP contribution < -0.4 is 0 Å². The predicted molar refractivity (Wildman–Crippen MR) is 46.8 cm³/mol. The van der Waals surface area contributed by atoms with Crippen molar-refractivity contribution in [2.45, 2.75) is 6.42 Å². The Hall–Kier alpha value is -1.09. The molecule has 0 unspecified atom stereocenters. The summed E-state index contributed by atoms with van der Waals surface area (Å²) in [6.45, 7) is 4.22. The lowest BCUT2D eigenvalue weighted by atomic mass is 10.4. The van der Waals surface area contributed by atoms with Crippen LogP contribution in [0.5, 0.6) is 0 Å². The highest BCUT2D eigenvalue weighted by molar-refractivity contribution is 5.71. The highest BCUT2D eigenvalue weighted by Gasteiger charge is 1.95. The first-order valence-electron chi connectivity index (χ1n) is 3.71. The molecule has 0 amide bonds. The van der Waals surface area contributed by atoms with Gasteiger partial charge in [0.05, 0.1) is 13.0 Å². The van der Waals surface area contributed by atoms with Gasteiger partial charge in [-0.15, -0.1) is 0 Å². The molecule has 0 bridgehead atoms. The molecule has 0 saturated carbocycles. The Morgan fingerprint density at radius 3 is 2.75 bits per heavy atom. The molecule has 68 valence electrons. The summed E-state index contributed by atoms with van der Waals surface area (Å²) in [4.78, 5) is 10.8. The topological polar surface area (TPSA) is 35.5 Å². The molecule has 0 heterocycles. The number of rotatable bonds is 6. The van der Waals surface area contributed by atoms with Gasteiger partial charge >= 0.3 is 5.97 Å². The van der Waals surface area contributed by atoms with Gasteiger partial charge in [0.15, 0.2) is 0 Å². The largest absolute Gasteiger partial charge is 0.461 e. The van der Waals surface area contributed by atoms with Crippen molar-refractivity contribution in [3.63, 3.8) is 0 Å². The molecule has 0 aliphatic carbocycles. The molecule has 0 fully saturated rings. The fourth-order valence-electron chi connectivity index (χ4n) is 0.555. The molecule has 3 heteroatoms. The first kappa shape index (κ1) is 10.9. The van der Waals surface area contributed by atoms with E-state index in [1.165, 1.54) is 6.08 Å². The molecule has 0 atom stereocenters. The summed E-state index contributed by atoms with van der Waals surface area (Å²) >= 11 is 0. The van der Waals surface area contributed by atoms with E-state index in [9.17, 15) is 4.79 Å². The second-order valence-electron chi connectivity index (χ2n) is 2.10. The van der Waals surface area contributed by atoms with E-state index >= 15 is 0 Å². The van der Waals surface area contributed by atoms with Crippen molar-refractivity contribution in [2.24, 2.45) is 0 Å². The van der Waals surface area contributed by atoms with Gasteiger partial charge in [0, 0.05) is 7.11 Å². The monoisotopic (exact) mass is 170 g/mol. The third-order valence-corrected chi connectivity index (χ3v) is 1.08. The van der Waals surface area contributed by atoms with Crippen LogP contribution in [0.25, 0.3) is 0 Å². The van der Waals surface area contributed by atoms with Crippen molar-refractivity contribution < 1.29 is 14.3 Å². The summed E-state index contributed by atoms with van der Waals surface area (Å²) < 4.78 is 9.47. The maximum Gasteiger partial charge on any atom is 0.309 e. The Morgan fingerprint density at radius 2 is 2.17 bits per heavy atom. The molecule has 0 saturated heterocycles. The van der Waals surface area contributed by atoms with E-state index in [4.69, 9.17) is 9.47 Å². The molecule has 0 N–H and O–H groups in total. The Balaban J connectivity index is 3.36. The van der Waals surface area contributed by atoms with Crippen LogP contribution in [0.2, 0.25) is 0 Å². The van der Waals surface area contributed by atoms with Gasteiger partial charge in [-0.3, -0.25) is 4.79 Å². The third kappa shape index (κ3) is 7.02. The average molecular weight is 170 g/mol. The standard InChI is InChI=1S/C9H14O3/c1-3-7-12-9(10)6-4-5-8-11-2/h3-5H,1,6-8H2,2H3. The predicted octanol–water partition coefficient (Wildman–Crippen LogP) is 1.31. The first-order valence-corrected chi connectivity index (χ1v) is 3.71. The number of methoxy groups -OCH3 is 1. The van der Waals surface area contributed by atoms with Crippen molar-refractivity contribution >= 4 is 5.97 Å². The zero-order valence-electron chi connectivity index (χ0n) is 7.29. The van der Waals surface area contributed by atoms with E-state index in [0.29, 0.717) is 6.61 Å².